The van der Waals surface area contributed by atoms with Gasteiger partial charge in [0.2, 0.25) is 0 Å². The zero-order valence-electron chi connectivity index (χ0n) is 16.5. The lowest BCUT2D eigenvalue weighted by molar-refractivity contribution is -0.145. The summed E-state index contributed by atoms with van der Waals surface area (Å²) in [6.45, 7) is 5.81. The quantitative estimate of drug-likeness (QED) is 0.450. The first-order chi connectivity index (χ1) is 13.9. The van der Waals surface area contributed by atoms with Crippen LogP contribution in [0.15, 0.2) is 22.8 Å². The minimum absolute atomic E-state index is 0.192. The van der Waals surface area contributed by atoms with Gasteiger partial charge in [-0.2, -0.15) is 10.4 Å². The van der Waals surface area contributed by atoms with Gasteiger partial charge in [0.1, 0.15) is 0 Å². The second kappa shape index (κ2) is 10.5. The second-order valence-electron chi connectivity index (χ2n) is 5.93. The first-order valence-electron chi connectivity index (χ1n) is 9.12. The molecule has 0 atom stereocenters. The summed E-state index contributed by atoms with van der Waals surface area (Å²) in [5.74, 6) is -0.118. The number of hydrazone groups is 1. The fraction of sp³-hybridized carbons (Fsp3) is 0.400. The summed E-state index contributed by atoms with van der Waals surface area (Å²) in [6, 6.07) is 5.15. The Labute approximate surface area is 174 Å². The molecule has 0 radical (unpaired) electrons. The molecule has 0 saturated heterocycles. The first kappa shape index (κ1) is 22.2. The van der Waals surface area contributed by atoms with Crippen LogP contribution in [0.3, 0.4) is 0 Å². The van der Waals surface area contributed by atoms with Gasteiger partial charge in [-0.15, -0.1) is 0 Å². The molecule has 0 bridgehead atoms. The van der Waals surface area contributed by atoms with Gasteiger partial charge in [-0.25, -0.2) is 9.80 Å². The maximum atomic E-state index is 12.5. The van der Waals surface area contributed by atoms with Crippen LogP contribution in [0.1, 0.15) is 32.8 Å². The average Bonchev–Trinajstić information content (AvgIpc) is 2.95. The molecule has 2 rings (SSSR count). The predicted molar refractivity (Wildman–Crippen MR) is 108 cm³/mol. The Morgan fingerprint density at radius 2 is 2.00 bits per heavy atom. The van der Waals surface area contributed by atoms with Crippen molar-refractivity contribution < 1.29 is 23.8 Å². The smallest absolute Gasteiger partial charge is 0.344 e. The molecule has 29 heavy (non-hydrogen) atoms. The summed E-state index contributed by atoms with van der Waals surface area (Å²) in [4.78, 5) is 24.1. The predicted octanol–water partition coefficient (Wildman–Crippen LogP) is 3.20. The number of carbonyl (C=O) groups is 2. The first-order valence-corrected chi connectivity index (χ1v) is 9.49. The number of hydrogen-bond acceptors (Lipinski definition) is 7. The van der Waals surface area contributed by atoms with Crippen LogP contribution in [0.25, 0.3) is 6.08 Å². The van der Waals surface area contributed by atoms with E-state index in [9.17, 15) is 9.59 Å². The highest BCUT2D eigenvalue weighted by molar-refractivity contribution is 6.33. The zero-order valence-corrected chi connectivity index (χ0v) is 17.3. The van der Waals surface area contributed by atoms with E-state index in [0.717, 1.165) is 0 Å². The number of benzene rings is 1. The molecule has 1 aliphatic heterocycles. The van der Waals surface area contributed by atoms with E-state index >= 15 is 0 Å². The topological polar surface area (TPSA) is 101 Å². The molecule has 0 unspecified atom stereocenters. The molecule has 0 fully saturated rings. The van der Waals surface area contributed by atoms with Crippen LogP contribution in [0.2, 0.25) is 5.02 Å². The van der Waals surface area contributed by atoms with Crippen LogP contribution in [-0.2, 0) is 14.3 Å². The second-order valence-corrected chi connectivity index (χ2v) is 6.33. The van der Waals surface area contributed by atoms with E-state index in [1.54, 1.807) is 26.0 Å². The Balaban J connectivity index is 2.29. The SMILES string of the molecule is CCOC(=O)COc1cc(Cl)c(C=C2C(=O)N(CCC#N)N=C2C)cc1OCC. The number of nitrogens with zero attached hydrogens (tertiary/aromatic N) is 3. The Morgan fingerprint density at radius 1 is 1.28 bits per heavy atom. The Morgan fingerprint density at radius 3 is 2.66 bits per heavy atom. The molecule has 0 N–H and O–H groups in total. The number of nitriles is 1. The standard InChI is InChI=1S/C20H22ClN3O5/c1-4-27-17-10-14(16(21)11-18(17)29-12-19(25)28-5-2)9-15-13(3)23-24(20(15)26)8-6-7-22/h9-11H,4-6,8,12H2,1-3H3. The largest absolute Gasteiger partial charge is 0.490 e. The lowest BCUT2D eigenvalue weighted by Crippen LogP contribution is -2.23. The molecule has 154 valence electrons. The van der Waals surface area contributed by atoms with E-state index in [-0.39, 0.29) is 32.1 Å². The Hall–Kier alpha value is -3.05. The molecule has 0 spiro atoms. The zero-order chi connectivity index (χ0) is 21.4. The van der Waals surface area contributed by atoms with Crippen LogP contribution in [0.5, 0.6) is 11.5 Å². The van der Waals surface area contributed by atoms with E-state index in [0.29, 0.717) is 40.0 Å². The lowest BCUT2D eigenvalue weighted by atomic mass is 10.1. The monoisotopic (exact) mass is 419 g/mol. The van der Waals surface area contributed by atoms with Crippen LogP contribution in [-0.4, -0.2) is 49.0 Å². The van der Waals surface area contributed by atoms with Gasteiger partial charge in [-0.05, 0) is 38.5 Å². The van der Waals surface area contributed by atoms with Crippen molar-refractivity contribution in [2.75, 3.05) is 26.4 Å². The van der Waals surface area contributed by atoms with Crippen molar-refractivity contribution in [2.24, 2.45) is 5.10 Å². The minimum atomic E-state index is -0.502. The van der Waals surface area contributed by atoms with Crippen LogP contribution in [0, 0.1) is 11.3 Å². The maximum absolute atomic E-state index is 12.5. The van der Waals surface area contributed by atoms with Gasteiger partial charge in [0.25, 0.3) is 5.91 Å². The van der Waals surface area contributed by atoms with Crippen LogP contribution in [0.4, 0.5) is 0 Å². The molecule has 9 heteroatoms. The van der Waals surface area contributed by atoms with Gasteiger partial charge in [0, 0.05) is 6.07 Å². The number of amides is 1. The fourth-order valence-corrected chi connectivity index (χ4v) is 2.79. The van der Waals surface area contributed by atoms with Crippen molar-refractivity contribution in [3.8, 4) is 17.6 Å². The normalized spacial score (nSPS) is 14.6. The third kappa shape index (κ3) is 5.72. The van der Waals surface area contributed by atoms with Gasteiger partial charge >= 0.3 is 5.97 Å². The molecule has 0 aromatic heterocycles. The molecular weight excluding hydrogens is 398 g/mol. The summed E-state index contributed by atoms with van der Waals surface area (Å²) in [5, 5.41) is 14.5. The van der Waals surface area contributed by atoms with Crippen molar-refractivity contribution in [3.05, 3.63) is 28.3 Å². The summed E-state index contributed by atoms with van der Waals surface area (Å²) < 4.78 is 15.9. The Kier molecular flexibility index (Phi) is 8.04. The summed E-state index contributed by atoms with van der Waals surface area (Å²) in [7, 11) is 0. The van der Waals surface area contributed by atoms with Crippen LogP contribution >= 0.6 is 11.6 Å². The van der Waals surface area contributed by atoms with Crippen molar-refractivity contribution in [1.82, 2.24) is 5.01 Å². The van der Waals surface area contributed by atoms with E-state index in [4.69, 9.17) is 31.1 Å². The number of esters is 1. The van der Waals surface area contributed by atoms with Crippen molar-refractivity contribution in [1.29, 1.82) is 5.26 Å². The van der Waals surface area contributed by atoms with Gasteiger partial charge in [-0.3, -0.25) is 4.79 Å². The number of carbonyl (C=O) groups excluding carboxylic acids is 2. The molecule has 1 aliphatic rings. The molecule has 1 amide bonds. The molecule has 1 heterocycles. The molecule has 0 aliphatic carbocycles. The van der Waals surface area contributed by atoms with Gasteiger partial charge in [-0.1, -0.05) is 11.6 Å². The summed E-state index contributed by atoms with van der Waals surface area (Å²) in [6.07, 6.45) is 1.81. The summed E-state index contributed by atoms with van der Waals surface area (Å²) in [5.41, 5.74) is 1.45. The highest BCUT2D eigenvalue weighted by Crippen LogP contribution is 2.35. The fourth-order valence-electron chi connectivity index (χ4n) is 2.59. The maximum Gasteiger partial charge on any atom is 0.344 e. The summed E-state index contributed by atoms with van der Waals surface area (Å²) >= 11 is 6.37. The third-order valence-electron chi connectivity index (χ3n) is 3.87. The average molecular weight is 420 g/mol. The molecule has 0 saturated carbocycles. The van der Waals surface area contributed by atoms with Crippen LogP contribution < -0.4 is 9.47 Å². The van der Waals surface area contributed by atoms with Crippen molar-refractivity contribution >= 4 is 35.3 Å². The number of halogens is 1. The van der Waals surface area contributed by atoms with Crippen molar-refractivity contribution in [2.45, 2.75) is 27.2 Å². The molecule has 1 aromatic carbocycles. The number of rotatable bonds is 9. The van der Waals surface area contributed by atoms with Gasteiger partial charge < -0.3 is 14.2 Å². The van der Waals surface area contributed by atoms with Crippen molar-refractivity contribution in [3.63, 3.8) is 0 Å². The molecular formula is C20H22ClN3O5. The van der Waals surface area contributed by atoms with Gasteiger partial charge in [0.15, 0.2) is 18.1 Å². The highest BCUT2D eigenvalue weighted by Gasteiger charge is 2.27. The number of ether oxygens (including phenoxy) is 3. The van der Waals surface area contributed by atoms with E-state index in [1.807, 2.05) is 13.0 Å². The molecule has 8 nitrogen and oxygen atoms in total. The van der Waals surface area contributed by atoms with Gasteiger partial charge in [0.05, 0.1) is 48.6 Å². The molecule has 1 aromatic rings. The Bertz CT molecular complexity index is 889. The lowest BCUT2D eigenvalue weighted by Gasteiger charge is -2.14. The minimum Gasteiger partial charge on any atom is -0.490 e. The highest BCUT2D eigenvalue weighted by atomic mass is 35.5. The number of hydrogen-bond donors (Lipinski definition) is 0. The third-order valence-corrected chi connectivity index (χ3v) is 4.20. The van der Waals surface area contributed by atoms with E-state index in [2.05, 4.69) is 5.10 Å². The van der Waals surface area contributed by atoms with E-state index in [1.165, 1.54) is 11.1 Å². The van der Waals surface area contributed by atoms with E-state index < -0.39 is 5.97 Å².